The molecule has 2 saturated heterocycles. The summed E-state index contributed by atoms with van der Waals surface area (Å²) in [4.78, 5) is 35.9. The molecule has 2 aromatic heterocycles. The van der Waals surface area contributed by atoms with E-state index >= 15 is 0 Å². The fourth-order valence-electron chi connectivity index (χ4n) is 6.68. The van der Waals surface area contributed by atoms with Crippen LogP contribution in [-0.2, 0) is 35.9 Å². The van der Waals surface area contributed by atoms with E-state index in [4.69, 9.17) is 53.6 Å². The van der Waals surface area contributed by atoms with E-state index < -0.39 is 0 Å². The number of hydrogen-bond donors (Lipinski definition) is 2. The second-order valence-corrected chi connectivity index (χ2v) is 14.0. The van der Waals surface area contributed by atoms with Crippen LogP contribution in [-0.4, -0.2) is 72.0 Å². The van der Waals surface area contributed by atoms with Gasteiger partial charge in [0.25, 0.3) is 0 Å². The van der Waals surface area contributed by atoms with Crippen LogP contribution in [0.1, 0.15) is 35.1 Å². The van der Waals surface area contributed by atoms with Crippen molar-refractivity contribution >= 4 is 35.0 Å². The Balaban J connectivity index is 1.07. The Bertz CT molecular complexity index is 1780. The van der Waals surface area contributed by atoms with Crippen molar-refractivity contribution < 1.29 is 28.5 Å². The molecule has 0 saturated carbocycles. The molecule has 2 fully saturated rings. The molecule has 6 rings (SSSR count). The topological polar surface area (TPSA) is 155 Å². The highest BCUT2D eigenvalue weighted by Crippen LogP contribution is 2.38. The van der Waals surface area contributed by atoms with Crippen LogP contribution in [0.2, 0.25) is 10.0 Å². The highest BCUT2D eigenvalue weighted by molar-refractivity contribution is 6.37. The Morgan fingerprint density at radius 1 is 0.654 bits per heavy atom. The molecule has 12 nitrogen and oxygen atoms in total. The first-order valence-electron chi connectivity index (χ1n) is 17.0. The zero-order chi connectivity index (χ0) is 36.8. The van der Waals surface area contributed by atoms with Crippen LogP contribution in [0.5, 0.6) is 23.5 Å². The molecule has 0 bridgehead atoms. The van der Waals surface area contributed by atoms with Gasteiger partial charge in [-0.25, -0.2) is 0 Å². The maximum absolute atomic E-state index is 11.2. The Kier molecular flexibility index (Phi) is 12.0. The highest BCUT2D eigenvalue weighted by Gasteiger charge is 2.30. The highest BCUT2D eigenvalue weighted by atomic mass is 35.5. The molecule has 14 heteroatoms. The quantitative estimate of drug-likeness (QED) is 0.147. The molecular formula is C38H42Cl2N6O6. The number of halogens is 2. The molecule has 274 valence electrons. The number of hydrogen-bond acceptors (Lipinski definition) is 10. The first kappa shape index (κ1) is 37.1. The summed E-state index contributed by atoms with van der Waals surface area (Å²) < 4.78 is 23.2. The van der Waals surface area contributed by atoms with Gasteiger partial charge in [0.05, 0.1) is 24.3 Å². The van der Waals surface area contributed by atoms with Crippen LogP contribution in [0.3, 0.4) is 0 Å². The number of benzene rings is 2. The van der Waals surface area contributed by atoms with Crippen molar-refractivity contribution in [2.24, 2.45) is 23.3 Å². The number of amides is 2. The normalized spacial score (nSPS) is 15.1. The van der Waals surface area contributed by atoms with Gasteiger partial charge in [0.15, 0.2) is 0 Å². The van der Waals surface area contributed by atoms with E-state index in [0.717, 1.165) is 59.6 Å². The molecule has 4 N–H and O–H groups in total. The van der Waals surface area contributed by atoms with Crippen LogP contribution < -0.4 is 30.4 Å². The lowest BCUT2D eigenvalue weighted by Gasteiger charge is -2.38. The van der Waals surface area contributed by atoms with Gasteiger partial charge >= 0.3 is 0 Å². The Labute approximate surface area is 312 Å². The van der Waals surface area contributed by atoms with Gasteiger partial charge < -0.3 is 30.4 Å². The van der Waals surface area contributed by atoms with Crippen LogP contribution >= 0.6 is 23.2 Å². The van der Waals surface area contributed by atoms with Gasteiger partial charge in [0.2, 0.25) is 35.3 Å². The van der Waals surface area contributed by atoms with Crippen molar-refractivity contribution in [3.05, 3.63) is 93.0 Å². The van der Waals surface area contributed by atoms with E-state index in [-0.39, 0.29) is 25.0 Å². The zero-order valence-electron chi connectivity index (χ0n) is 29.1. The van der Waals surface area contributed by atoms with Gasteiger partial charge in [-0.15, -0.1) is 0 Å². The minimum atomic E-state index is -0.270. The molecule has 52 heavy (non-hydrogen) atoms. The summed E-state index contributed by atoms with van der Waals surface area (Å²) in [5.74, 6) is 1.82. The average molecular weight is 750 g/mol. The molecule has 2 aliphatic heterocycles. The number of aromatic nitrogens is 2. The average Bonchev–Trinajstić information content (AvgIpc) is 3.09. The molecule has 0 aliphatic carbocycles. The summed E-state index contributed by atoms with van der Waals surface area (Å²) in [5.41, 5.74) is 15.5. The summed E-state index contributed by atoms with van der Waals surface area (Å²) in [5, 5.41) is 1.03. The number of ether oxygens (including phenoxy) is 4. The molecule has 4 aromatic rings. The lowest BCUT2D eigenvalue weighted by atomic mass is 9.95. The van der Waals surface area contributed by atoms with Crippen LogP contribution in [0, 0.1) is 11.8 Å². The van der Waals surface area contributed by atoms with E-state index in [0.29, 0.717) is 71.3 Å². The second-order valence-electron chi connectivity index (χ2n) is 13.2. The first-order valence-corrected chi connectivity index (χ1v) is 17.8. The molecule has 4 heterocycles. The molecule has 2 amide bonds. The third-order valence-corrected chi connectivity index (χ3v) is 10.1. The smallest absolute Gasteiger partial charge is 0.220 e. The molecule has 0 radical (unpaired) electrons. The standard InChI is InChI=1S/C38H42Cl2N6O6/c1-49-37-25(19-45-15-23(16-45)13-31(41)47)9-11-33(43-37)51-21-27-5-3-7-29(35(27)39)30-8-4-6-28(36(30)40)22-52-34-12-10-26(38(44-34)50-2)20-46-17-24(18-46)14-32(42)48/h3-12,23-24H,13-22H2,1-2H3,(H2,41,47)(H2,42,48). The number of carbonyl (C=O) groups is 2. The van der Waals surface area contributed by atoms with E-state index in [1.54, 1.807) is 14.2 Å². The maximum Gasteiger partial charge on any atom is 0.220 e. The number of rotatable bonds is 17. The summed E-state index contributed by atoms with van der Waals surface area (Å²) in [6, 6.07) is 18.9. The Morgan fingerprint density at radius 3 is 1.42 bits per heavy atom. The van der Waals surface area contributed by atoms with Gasteiger partial charge in [-0.2, -0.15) is 9.97 Å². The number of nitrogens with two attached hydrogens (primary N) is 2. The fourth-order valence-corrected chi connectivity index (χ4v) is 7.25. The number of likely N-dealkylation sites (tertiary alicyclic amines) is 2. The fraction of sp³-hybridized carbons (Fsp3) is 0.368. The third kappa shape index (κ3) is 9.05. The van der Waals surface area contributed by atoms with Crippen molar-refractivity contribution in [2.45, 2.75) is 39.1 Å². The molecule has 2 aromatic carbocycles. The lowest BCUT2D eigenvalue weighted by molar-refractivity contribution is -0.121. The van der Waals surface area contributed by atoms with Crippen molar-refractivity contribution in [1.82, 2.24) is 19.8 Å². The maximum atomic E-state index is 11.2. The third-order valence-electron chi connectivity index (χ3n) is 9.25. The minimum Gasteiger partial charge on any atom is -0.481 e. The van der Waals surface area contributed by atoms with Gasteiger partial charge in [0.1, 0.15) is 13.2 Å². The monoisotopic (exact) mass is 748 g/mol. The number of carbonyl (C=O) groups excluding carboxylic acids is 2. The minimum absolute atomic E-state index is 0.179. The predicted molar refractivity (Wildman–Crippen MR) is 197 cm³/mol. The van der Waals surface area contributed by atoms with E-state index in [2.05, 4.69) is 19.8 Å². The molecule has 0 atom stereocenters. The summed E-state index contributed by atoms with van der Waals surface area (Å²) >= 11 is 13.9. The van der Waals surface area contributed by atoms with Gasteiger partial charge in [0, 0.05) is 97.6 Å². The Morgan fingerprint density at radius 2 is 1.06 bits per heavy atom. The number of primary amides is 2. The van der Waals surface area contributed by atoms with Crippen LogP contribution in [0.15, 0.2) is 60.7 Å². The van der Waals surface area contributed by atoms with Crippen LogP contribution in [0.25, 0.3) is 11.1 Å². The zero-order valence-corrected chi connectivity index (χ0v) is 30.7. The van der Waals surface area contributed by atoms with Gasteiger partial charge in [-0.05, 0) is 24.0 Å². The second kappa shape index (κ2) is 16.8. The SMILES string of the molecule is COc1nc(OCc2cccc(-c3cccc(COc4ccc(CN5CC(CC(N)=O)C5)c(OC)n4)c3Cl)c2Cl)ccc1CN1CC(CC(N)=O)C1. The largest absolute Gasteiger partial charge is 0.481 e. The van der Waals surface area contributed by atoms with Crippen LogP contribution in [0.4, 0.5) is 0 Å². The number of nitrogens with zero attached hydrogens (tertiary/aromatic N) is 4. The number of pyridine rings is 2. The van der Waals surface area contributed by atoms with E-state index in [9.17, 15) is 9.59 Å². The lowest BCUT2D eigenvalue weighted by Crippen LogP contribution is -2.47. The molecule has 0 unspecified atom stereocenters. The van der Waals surface area contributed by atoms with Crippen molar-refractivity contribution in [3.63, 3.8) is 0 Å². The number of methoxy groups -OCH3 is 2. The van der Waals surface area contributed by atoms with E-state index in [1.807, 2.05) is 60.7 Å². The van der Waals surface area contributed by atoms with Gasteiger partial charge in [-0.3, -0.25) is 19.4 Å². The Hall–Kier alpha value is -4.62. The molecule has 2 aliphatic rings. The van der Waals surface area contributed by atoms with Crippen molar-refractivity contribution in [1.29, 1.82) is 0 Å². The first-order chi connectivity index (χ1) is 25.1. The van der Waals surface area contributed by atoms with Gasteiger partial charge in [-0.1, -0.05) is 59.6 Å². The molecule has 0 spiro atoms. The summed E-state index contributed by atoms with van der Waals surface area (Å²) in [6.07, 6.45) is 0.808. The van der Waals surface area contributed by atoms with Crippen molar-refractivity contribution in [2.75, 3.05) is 40.4 Å². The summed E-state index contributed by atoms with van der Waals surface area (Å²) in [7, 11) is 3.16. The molecular weight excluding hydrogens is 707 g/mol. The van der Waals surface area contributed by atoms with E-state index in [1.165, 1.54) is 0 Å². The summed E-state index contributed by atoms with van der Waals surface area (Å²) in [6.45, 7) is 4.90. The van der Waals surface area contributed by atoms with Crippen molar-refractivity contribution in [3.8, 4) is 34.6 Å². The predicted octanol–water partition coefficient (Wildman–Crippen LogP) is 5.24.